The molecular formula is C10H15N3O3. The molecule has 0 spiro atoms. The second-order valence-corrected chi connectivity index (χ2v) is 3.66. The van der Waals surface area contributed by atoms with Gasteiger partial charge in [-0.2, -0.15) is 0 Å². The Morgan fingerprint density at radius 1 is 1.62 bits per heavy atom. The average molecular weight is 225 g/mol. The molecule has 6 heteroatoms. The largest absolute Gasteiger partial charge is 0.383 e. The van der Waals surface area contributed by atoms with E-state index in [-0.39, 0.29) is 17.3 Å². The molecule has 0 aliphatic carbocycles. The molecule has 1 aliphatic heterocycles. The molecule has 1 fully saturated rings. The summed E-state index contributed by atoms with van der Waals surface area (Å²) in [7, 11) is 0. The van der Waals surface area contributed by atoms with Crippen molar-refractivity contribution in [2.45, 2.75) is 25.6 Å². The molecule has 1 unspecified atom stereocenters. The zero-order valence-corrected chi connectivity index (χ0v) is 9.10. The van der Waals surface area contributed by atoms with E-state index in [9.17, 15) is 4.79 Å². The number of anilines is 1. The van der Waals surface area contributed by atoms with Crippen LogP contribution < -0.4 is 11.3 Å². The molecule has 88 valence electrons. The molecule has 16 heavy (non-hydrogen) atoms. The van der Waals surface area contributed by atoms with Gasteiger partial charge in [-0.15, -0.1) is 0 Å². The first-order valence-corrected chi connectivity index (χ1v) is 5.30. The summed E-state index contributed by atoms with van der Waals surface area (Å²) in [5.74, 6) is 0.0784. The smallest absolute Gasteiger partial charge is 0.256 e. The fourth-order valence-corrected chi connectivity index (χ4v) is 1.92. The highest BCUT2D eigenvalue weighted by Gasteiger charge is 2.30. The molecule has 6 nitrogen and oxygen atoms in total. The molecule has 0 radical (unpaired) electrons. The van der Waals surface area contributed by atoms with Crippen molar-refractivity contribution in [1.82, 2.24) is 9.97 Å². The van der Waals surface area contributed by atoms with Crippen LogP contribution in [0.1, 0.15) is 24.8 Å². The number of ether oxygens (including phenoxy) is 2. The Kier molecular flexibility index (Phi) is 3.21. The fraction of sp³-hybridized carbons (Fsp3) is 0.600. The van der Waals surface area contributed by atoms with Gasteiger partial charge in [0.25, 0.3) is 5.56 Å². The number of nitrogen functional groups attached to an aromatic ring is 1. The van der Waals surface area contributed by atoms with Crippen LogP contribution in [0.2, 0.25) is 0 Å². The standard InChI is InChI=1S/C10H15N3O3/c1-2-6(10-15-3-4-16-10)7-8(11)12-5-13-9(7)14/h5-6,10H,2-4H2,1H3,(H3,11,12,13,14). The molecule has 1 saturated heterocycles. The maximum atomic E-state index is 11.7. The van der Waals surface area contributed by atoms with Gasteiger partial charge in [0, 0.05) is 5.92 Å². The van der Waals surface area contributed by atoms with E-state index < -0.39 is 6.29 Å². The molecule has 0 amide bonds. The lowest BCUT2D eigenvalue weighted by atomic mass is 9.97. The zero-order chi connectivity index (χ0) is 11.5. The number of rotatable bonds is 3. The summed E-state index contributed by atoms with van der Waals surface area (Å²) in [6, 6.07) is 0. The molecule has 1 aromatic heterocycles. The van der Waals surface area contributed by atoms with E-state index in [1.807, 2.05) is 6.92 Å². The number of aromatic amines is 1. The third-order valence-electron chi connectivity index (χ3n) is 2.71. The van der Waals surface area contributed by atoms with Gasteiger partial charge < -0.3 is 20.2 Å². The van der Waals surface area contributed by atoms with Crippen LogP contribution in [0.5, 0.6) is 0 Å². The van der Waals surface area contributed by atoms with Gasteiger partial charge in [-0.1, -0.05) is 6.92 Å². The minimum Gasteiger partial charge on any atom is -0.383 e. The molecule has 1 aliphatic rings. The quantitative estimate of drug-likeness (QED) is 0.767. The van der Waals surface area contributed by atoms with E-state index in [1.165, 1.54) is 6.33 Å². The van der Waals surface area contributed by atoms with Crippen LogP contribution in [0.3, 0.4) is 0 Å². The Labute approximate surface area is 92.8 Å². The Balaban J connectivity index is 2.36. The molecule has 0 saturated carbocycles. The van der Waals surface area contributed by atoms with E-state index in [4.69, 9.17) is 15.2 Å². The molecule has 2 heterocycles. The van der Waals surface area contributed by atoms with Gasteiger partial charge in [-0.05, 0) is 6.42 Å². The third kappa shape index (κ3) is 1.94. The van der Waals surface area contributed by atoms with Crippen LogP contribution in [-0.2, 0) is 9.47 Å². The summed E-state index contributed by atoms with van der Waals surface area (Å²) in [4.78, 5) is 18.1. The lowest BCUT2D eigenvalue weighted by molar-refractivity contribution is -0.0619. The first-order chi connectivity index (χ1) is 7.74. The van der Waals surface area contributed by atoms with Crippen molar-refractivity contribution in [3.05, 3.63) is 22.2 Å². The van der Waals surface area contributed by atoms with Gasteiger partial charge in [-0.25, -0.2) is 4.98 Å². The molecule has 1 aromatic rings. The minimum atomic E-state index is -0.391. The van der Waals surface area contributed by atoms with E-state index in [0.29, 0.717) is 25.2 Å². The van der Waals surface area contributed by atoms with Crippen LogP contribution in [0.15, 0.2) is 11.1 Å². The van der Waals surface area contributed by atoms with Crippen molar-refractivity contribution in [2.24, 2.45) is 0 Å². The van der Waals surface area contributed by atoms with Gasteiger partial charge in [0.1, 0.15) is 5.82 Å². The molecule has 0 aromatic carbocycles. The van der Waals surface area contributed by atoms with Crippen molar-refractivity contribution in [3.63, 3.8) is 0 Å². The topological polar surface area (TPSA) is 90.2 Å². The average Bonchev–Trinajstić information content (AvgIpc) is 2.77. The number of aromatic nitrogens is 2. The highest BCUT2D eigenvalue weighted by Crippen LogP contribution is 2.28. The second-order valence-electron chi connectivity index (χ2n) is 3.66. The Hall–Kier alpha value is -1.40. The Morgan fingerprint density at radius 3 is 2.88 bits per heavy atom. The monoisotopic (exact) mass is 225 g/mol. The number of nitrogens with zero attached hydrogens (tertiary/aromatic N) is 1. The Morgan fingerprint density at radius 2 is 2.31 bits per heavy atom. The van der Waals surface area contributed by atoms with Gasteiger partial charge in [0.2, 0.25) is 0 Å². The summed E-state index contributed by atoms with van der Waals surface area (Å²) >= 11 is 0. The number of hydrogen-bond acceptors (Lipinski definition) is 5. The van der Waals surface area contributed by atoms with Crippen LogP contribution in [0.4, 0.5) is 5.82 Å². The maximum absolute atomic E-state index is 11.7. The summed E-state index contributed by atoms with van der Waals surface area (Å²) in [5, 5.41) is 0. The van der Waals surface area contributed by atoms with E-state index >= 15 is 0 Å². The SMILES string of the molecule is CCC(c1c(N)nc[nH]c1=O)C1OCCO1. The molecule has 1 atom stereocenters. The predicted molar refractivity (Wildman–Crippen MR) is 58.0 cm³/mol. The highest BCUT2D eigenvalue weighted by molar-refractivity contribution is 5.39. The van der Waals surface area contributed by atoms with Crippen LogP contribution in [0, 0.1) is 0 Å². The first kappa shape index (κ1) is 11.1. The summed E-state index contributed by atoms with van der Waals surface area (Å²) in [6.45, 7) is 3.07. The van der Waals surface area contributed by atoms with Crippen LogP contribution in [0.25, 0.3) is 0 Å². The van der Waals surface area contributed by atoms with Gasteiger partial charge in [0.05, 0.1) is 25.1 Å². The predicted octanol–water partition coefficient (Wildman–Crippen LogP) is 0.219. The van der Waals surface area contributed by atoms with Crippen LogP contribution >= 0.6 is 0 Å². The highest BCUT2D eigenvalue weighted by atomic mass is 16.7. The number of hydrogen-bond donors (Lipinski definition) is 2. The van der Waals surface area contributed by atoms with Crippen molar-refractivity contribution in [1.29, 1.82) is 0 Å². The van der Waals surface area contributed by atoms with Crippen molar-refractivity contribution >= 4 is 5.82 Å². The molecular weight excluding hydrogens is 210 g/mol. The van der Waals surface area contributed by atoms with Gasteiger partial charge in [0.15, 0.2) is 6.29 Å². The summed E-state index contributed by atoms with van der Waals surface area (Å²) < 4.78 is 10.8. The number of nitrogens with one attached hydrogen (secondary N) is 1. The molecule has 0 bridgehead atoms. The normalized spacial score (nSPS) is 18.8. The van der Waals surface area contributed by atoms with Gasteiger partial charge in [-0.3, -0.25) is 4.79 Å². The molecule has 2 rings (SSSR count). The van der Waals surface area contributed by atoms with Crippen LogP contribution in [-0.4, -0.2) is 29.5 Å². The lowest BCUT2D eigenvalue weighted by Gasteiger charge is -2.20. The summed E-state index contributed by atoms with van der Waals surface area (Å²) in [6.07, 6.45) is 1.62. The lowest BCUT2D eigenvalue weighted by Crippen LogP contribution is -2.27. The number of nitrogens with two attached hydrogens (primary N) is 1. The minimum absolute atomic E-state index is 0.167. The fourth-order valence-electron chi connectivity index (χ4n) is 1.92. The summed E-state index contributed by atoms with van der Waals surface area (Å²) in [5.41, 5.74) is 5.96. The number of H-pyrrole nitrogens is 1. The van der Waals surface area contributed by atoms with E-state index in [0.717, 1.165) is 0 Å². The van der Waals surface area contributed by atoms with Gasteiger partial charge >= 0.3 is 0 Å². The Bertz CT molecular complexity index is 412. The third-order valence-corrected chi connectivity index (χ3v) is 2.71. The van der Waals surface area contributed by atoms with E-state index in [1.54, 1.807) is 0 Å². The van der Waals surface area contributed by atoms with E-state index in [2.05, 4.69) is 9.97 Å². The maximum Gasteiger partial charge on any atom is 0.256 e. The van der Waals surface area contributed by atoms with Crippen molar-refractivity contribution < 1.29 is 9.47 Å². The second kappa shape index (κ2) is 4.63. The van der Waals surface area contributed by atoms with Crippen molar-refractivity contribution in [2.75, 3.05) is 18.9 Å². The van der Waals surface area contributed by atoms with Crippen molar-refractivity contribution in [3.8, 4) is 0 Å². The zero-order valence-electron chi connectivity index (χ0n) is 9.10. The first-order valence-electron chi connectivity index (χ1n) is 5.30. The molecule has 3 N–H and O–H groups in total.